The minimum absolute atomic E-state index is 0.255. The number of halogens is 2. The second kappa shape index (κ2) is 8.30. The highest BCUT2D eigenvalue weighted by Crippen LogP contribution is 2.34. The first-order chi connectivity index (χ1) is 14.4. The van der Waals surface area contributed by atoms with Crippen LogP contribution in [0, 0.1) is 0 Å². The highest BCUT2D eigenvalue weighted by molar-refractivity contribution is 7.92. The standard InChI is InChI=1S/C22H18Cl2N2O3S/c23-16-8-10-20(24)19(14-16)22(27)25-17-9-11-21-15(13-17)5-4-12-26(21)30(28,29)18-6-2-1-3-7-18/h1-3,6-11,13-14H,4-5,12H2,(H,25,27). The predicted molar refractivity (Wildman–Crippen MR) is 120 cm³/mol. The molecule has 3 aromatic rings. The van der Waals surface area contributed by atoms with Crippen molar-refractivity contribution >= 4 is 50.5 Å². The third-order valence-electron chi connectivity index (χ3n) is 4.92. The molecule has 0 unspecified atom stereocenters. The number of hydrogen-bond acceptors (Lipinski definition) is 3. The first kappa shape index (κ1) is 20.7. The number of amides is 1. The lowest BCUT2D eigenvalue weighted by Gasteiger charge is -2.31. The molecule has 30 heavy (non-hydrogen) atoms. The monoisotopic (exact) mass is 460 g/mol. The van der Waals surface area contributed by atoms with Crippen LogP contribution in [0.4, 0.5) is 11.4 Å². The Morgan fingerprint density at radius 2 is 1.73 bits per heavy atom. The molecule has 3 aromatic carbocycles. The number of carbonyl (C=O) groups excluding carboxylic acids is 1. The lowest BCUT2D eigenvalue weighted by molar-refractivity contribution is 0.102. The number of anilines is 2. The molecule has 1 aliphatic rings. The van der Waals surface area contributed by atoms with E-state index < -0.39 is 10.0 Å². The van der Waals surface area contributed by atoms with Crippen LogP contribution in [-0.2, 0) is 16.4 Å². The number of sulfonamides is 1. The zero-order valence-electron chi connectivity index (χ0n) is 15.8. The molecule has 0 bridgehead atoms. The molecule has 154 valence electrons. The first-order valence-electron chi connectivity index (χ1n) is 9.33. The lowest BCUT2D eigenvalue weighted by atomic mass is 10.0. The topological polar surface area (TPSA) is 66.5 Å². The Kier molecular flexibility index (Phi) is 5.73. The van der Waals surface area contributed by atoms with E-state index in [4.69, 9.17) is 23.2 Å². The van der Waals surface area contributed by atoms with Crippen molar-refractivity contribution < 1.29 is 13.2 Å². The number of aryl methyl sites for hydroxylation is 1. The van der Waals surface area contributed by atoms with Crippen LogP contribution in [0.5, 0.6) is 0 Å². The van der Waals surface area contributed by atoms with Gasteiger partial charge in [0.25, 0.3) is 15.9 Å². The molecule has 5 nitrogen and oxygen atoms in total. The molecule has 0 radical (unpaired) electrons. The molecule has 1 heterocycles. The Labute approximate surface area is 185 Å². The van der Waals surface area contributed by atoms with Crippen LogP contribution in [0.2, 0.25) is 10.0 Å². The van der Waals surface area contributed by atoms with Crippen LogP contribution in [0.25, 0.3) is 0 Å². The number of carbonyl (C=O) groups is 1. The first-order valence-corrected chi connectivity index (χ1v) is 11.5. The third kappa shape index (κ3) is 4.03. The van der Waals surface area contributed by atoms with Crippen molar-refractivity contribution in [2.75, 3.05) is 16.2 Å². The maximum atomic E-state index is 13.1. The van der Waals surface area contributed by atoms with Crippen LogP contribution >= 0.6 is 23.2 Å². The van der Waals surface area contributed by atoms with E-state index in [1.807, 2.05) is 0 Å². The maximum absolute atomic E-state index is 13.1. The van der Waals surface area contributed by atoms with Crippen LogP contribution in [-0.4, -0.2) is 20.9 Å². The molecule has 0 saturated heterocycles. The Hall–Kier alpha value is -2.54. The average molecular weight is 461 g/mol. The summed E-state index contributed by atoms with van der Waals surface area (Å²) in [5.41, 5.74) is 2.32. The summed E-state index contributed by atoms with van der Waals surface area (Å²) in [7, 11) is -3.65. The van der Waals surface area contributed by atoms with Crippen LogP contribution in [0.1, 0.15) is 22.3 Å². The molecule has 1 N–H and O–H groups in total. The summed E-state index contributed by atoms with van der Waals surface area (Å²) in [6.45, 7) is 0.411. The summed E-state index contributed by atoms with van der Waals surface area (Å²) >= 11 is 12.1. The van der Waals surface area contributed by atoms with Crippen molar-refractivity contribution in [2.45, 2.75) is 17.7 Å². The number of benzene rings is 3. The van der Waals surface area contributed by atoms with E-state index in [9.17, 15) is 13.2 Å². The minimum Gasteiger partial charge on any atom is -0.322 e. The van der Waals surface area contributed by atoms with Gasteiger partial charge in [-0.3, -0.25) is 9.10 Å². The number of fused-ring (bicyclic) bond motifs is 1. The molecule has 0 atom stereocenters. The number of rotatable bonds is 4. The summed E-state index contributed by atoms with van der Waals surface area (Å²) in [6.07, 6.45) is 1.41. The molecular formula is C22H18Cl2N2O3S. The minimum atomic E-state index is -3.65. The summed E-state index contributed by atoms with van der Waals surface area (Å²) < 4.78 is 27.6. The number of hydrogen-bond donors (Lipinski definition) is 1. The molecule has 0 aliphatic carbocycles. The highest BCUT2D eigenvalue weighted by atomic mass is 35.5. The van der Waals surface area contributed by atoms with E-state index in [0.717, 1.165) is 12.0 Å². The Morgan fingerprint density at radius 1 is 0.967 bits per heavy atom. The quantitative estimate of drug-likeness (QED) is 0.567. The van der Waals surface area contributed by atoms with Gasteiger partial charge in [0.15, 0.2) is 0 Å². The zero-order valence-corrected chi connectivity index (χ0v) is 18.1. The summed E-state index contributed by atoms with van der Waals surface area (Å²) in [6, 6.07) is 18.3. The van der Waals surface area contributed by atoms with Gasteiger partial charge in [-0.25, -0.2) is 8.42 Å². The van der Waals surface area contributed by atoms with Crippen LogP contribution in [0.3, 0.4) is 0 Å². The number of nitrogens with one attached hydrogen (secondary N) is 1. The summed E-state index contributed by atoms with van der Waals surface area (Å²) in [4.78, 5) is 12.9. The molecular weight excluding hydrogens is 443 g/mol. The van der Waals surface area contributed by atoms with E-state index in [-0.39, 0.29) is 16.4 Å². The zero-order chi connectivity index (χ0) is 21.3. The summed E-state index contributed by atoms with van der Waals surface area (Å²) in [5, 5.41) is 3.53. The highest BCUT2D eigenvalue weighted by Gasteiger charge is 2.29. The Bertz CT molecular complexity index is 1210. The lowest BCUT2D eigenvalue weighted by Crippen LogP contribution is -2.35. The molecule has 0 spiro atoms. The van der Waals surface area contributed by atoms with E-state index >= 15 is 0 Å². The van der Waals surface area contributed by atoms with E-state index in [1.165, 1.54) is 10.4 Å². The second-order valence-corrected chi connectivity index (χ2v) is 9.62. The van der Waals surface area contributed by atoms with Crippen molar-refractivity contribution in [3.05, 3.63) is 87.9 Å². The fourth-order valence-electron chi connectivity index (χ4n) is 3.48. The average Bonchev–Trinajstić information content (AvgIpc) is 2.75. The largest absolute Gasteiger partial charge is 0.322 e. The van der Waals surface area contributed by atoms with Crippen molar-refractivity contribution in [3.8, 4) is 0 Å². The number of nitrogens with zero attached hydrogens (tertiary/aromatic N) is 1. The van der Waals surface area contributed by atoms with Gasteiger partial charge in [0.05, 0.1) is 21.2 Å². The Morgan fingerprint density at radius 3 is 2.50 bits per heavy atom. The summed E-state index contributed by atoms with van der Waals surface area (Å²) in [5.74, 6) is -0.382. The molecule has 1 amide bonds. The molecule has 8 heteroatoms. The SMILES string of the molecule is O=C(Nc1ccc2c(c1)CCCN2S(=O)(=O)c1ccccc1)c1cc(Cl)ccc1Cl. The van der Waals surface area contributed by atoms with E-state index in [2.05, 4.69) is 5.32 Å². The van der Waals surface area contributed by atoms with Crippen molar-refractivity contribution in [3.63, 3.8) is 0 Å². The second-order valence-electron chi connectivity index (χ2n) is 6.92. The molecule has 1 aliphatic heterocycles. The van der Waals surface area contributed by atoms with Gasteiger partial charge in [0.2, 0.25) is 0 Å². The van der Waals surface area contributed by atoms with Crippen molar-refractivity contribution in [1.82, 2.24) is 0 Å². The van der Waals surface area contributed by atoms with E-state index in [1.54, 1.807) is 60.7 Å². The molecule has 0 fully saturated rings. The molecule has 4 rings (SSSR count). The molecule has 0 saturated carbocycles. The normalized spacial score (nSPS) is 13.6. The molecule has 0 aromatic heterocycles. The van der Waals surface area contributed by atoms with Gasteiger partial charge in [-0.1, -0.05) is 41.4 Å². The fraction of sp³-hybridized carbons (Fsp3) is 0.136. The van der Waals surface area contributed by atoms with Gasteiger partial charge in [-0.05, 0) is 66.9 Å². The maximum Gasteiger partial charge on any atom is 0.264 e. The van der Waals surface area contributed by atoms with Gasteiger partial charge in [-0.2, -0.15) is 0 Å². The van der Waals surface area contributed by atoms with Crippen LogP contribution < -0.4 is 9.62 Å². The fourth-order valence-corrected chi connectivity index (χ4v) is 5.42. The van der Waals surface area contributed by atoms with Gasteiger partial charge in [0.1, 0.15) is 0 Å². The van der Waals surface area contributed by atoms with Gasteiger partial charge in [-0.15, -0.1) is 0 Å². The third-order valence-corrected chi connectivity index (χ3v) is 7.31. The van der Waals surface area contributed by atoms with Gasteiger partial charge >= 0.3 is 0 Å². The van der Waals surface area contributed by atoms with Gasteiger partial charge in [0, 0.05) is 17.3 Å². The van der Waals surface area contributed by atoms with Crippen molar-refractivity contribution in [1.29, 1.82) is 0 Å². The smallest absolute Gasteiger partial charge is 0.264 e. The van der Waals surface area contributed by atoms with E-state index in [0.29, 0.717) is 34.4 Å². The van der Waals surface area contributed by atoms with Crippen molar-refractivity contribution in [2.24, 2.45) is 0 Å². The van der Waals surface area contributed by atoms with Gasteiger partial charge < -0.3 is 5.32 Å². The predicted octanol–water partition coefficient (Wildman–Crippen LogP) is 5.39. The Balaban J connectivity index is 1.62. The van der Waals surface area contributed by atoms with Crippen LogP contribution in [0.15, 0.2) is 71.6 Å².